The van der Waals surface area contributed by atoms with Crippen molar-refractivity contribution < 1.29 is 0 Å². The number of thiophene rings is 1. The highest BCUT2D eigenvalue weighted by Crippen LogP contribution is 2.55. The Balaban J connectivity index is 1.28. The maximum atomic E-state index is 2.54. The number of para-hydroxylation sites is 2. The zero-order chi connectivity index (χ0) is 35.5. The summed E-state index contributed by atoms with van der Waals surface area (Å²) < 4.78 is 2.57. The van der Waals surface area contributed by atoms with Gasteiger partial charge in [0.05, 0.1) is 21.8 Å². The topological polar surface area (TPSA) is 3.24 Å². The summed E-state index contributed by atoms with van der Waals surface area (Å²) in [6.07, 6.45) is 0. The Morgan fingerprint density at radius 3 is 1.66 bits per heavy atom. The van der Waals surface area contributed by atoms with Gasteiger partial charge in [0.1, 0.15) is 0 Å². The van der Waals surface area contributed by atoms with Gasteiger partial charge in [0, 0.05) is 32.0 Å². The molecule has 0 saturated heterocycles. The molecule has 10 rings (SSSR count). The number of nitrogens with zero attached hydrogens (tertiary/aromatic N) is 1. The molecule has 0 spiro atoms. The highest BCUT2D eigenvalue weighted by molar-refractivity contribution is 7.26. The third-order valence-corrected chi connectivity index (χ3v) is 12.3. The van der Waals surface area contributed by atoms with E-state index in [9.17, 15) is 0 Å². The van der Waals surface area contributed by atoms with E-state index in [2.05, 4.69) is 207 Å². The molecule has 2 heteroatoms. The van der Waals surface area contributed by atoms with E-state index in [1.54, 1.807) is 0 Å². The summed E-state index contributed by atoms with van der Waals surface area (Å²) in [6.45, 7) is 4.73. The van der Waals surface area contributed by atoms with Gasteiger partial charge in [-0.2, -0.15) is 0 Å². The van der Waals surface area contributed by atoms with Crippen LogP contribution >= 0.6 is 11.3 Å². The van der Waals surface area contributed by atoms with E-state index < -0.39 is 0 Å². The van der Waals surface area contributed by atoms with Gasteiger partial charge in [-0.15, -0.1) is 11.3 Å². The third kappa shape index (κ3) is 4.98. The zero-order valence-electron chi connectivity index (χ0n) is 29.8. The van der Waals surface area contributed by atoms with E-state index in [0.29, 0.717) is 0 Å². The zero-order valence-corrected chi connectivity index (χ0v) is 30.6. The van der Waals surface area contributed by atoms with Gasteiger partial charge >= 0.3 is 0 Å². The second-order valence-electron chi connectivity index (χ2n) is 14.4. The number of fused-ring (bicyclic) bond motifs is 6. The maximum Gasteiger partial charge on any atom is 0.0640 e. The van der Waals surface area contributed by atoms with Crippen LogP contribution in [0.4, 0.5) is 17.1 Å². The predicted molar refractivity (Wildman–Crippen MR) is 228 cm³/mol. The Kier molecular flexibility index (Phi) is 7.42. The Morgan fingerprint density at radius 2 is 0.887 bits per heavy atom. The number of anilines is 3. The summed E-state index contributed by atoms with van der Waals surface area (Å²) in [5, 5.41) is 2.58. The van der Waals surface area contributed by atoms with Gasteiger partial charge in [0.2, 0.25) is 0 Å². The largest absolute Gasteiger partial charge is 0.308 e. The molecular formula is C51H37NS. The molecule has 252 valence electrons. The minimum Gasteiger partial charge on any atom is -0.308 e. The van der Waals surface area contributed by atoms with E-state index in [1.165, 1.54) is 81.5 Å². The van der Waals surface area contributed by atoms with Crippen molar-refractivity contribution in [1.29, 1.82) is 0 Å². The van der Waals surface area contributed by atoms with Crippen LogP contribution in [0.5, 0.6) is 0 Å². The van der Waals surface area contributed by atoms with Crippen LogP contribution < -0.4 is 4.90 Å². The molecule has 0 amide bonds. The minimum absolute atomic E-state index is 0.0903. The number of rotatable bonds is 6. The van der Waals surface area contributed by atoms with Crippen LogP contribution in [0.2, 0.25) is 0 Å². The highest BCUT2D eigenvalue weighted by Gasteiger charge is 2.37. The molecular weight excluding hydrogens is 659 g/mol. The van der Waals surface area contributed by atoms with E-state index in [4.69, 9.17) is 0 Å². The van der Waals surface area contributed by atoms with Crippen LogP contribution in [0, 0.1) is 0 Å². The number of hydrogen-bond donors (Lipinski definition) is 0. The summed E-state index contributed by atoms with van der Waals surface area (Å²) in [4.78, 5) is 2.54. The Labute approximate surface area is 315 Å². The first-order chi connectivity index (χ1) is 26.1. The highest BCUT2D eigenvalue weighted by atomic mass is 32.1. The molecule has 0 atom stereocenters. The molecule has 0 bridgehead atoms. The van der Waals surface area contributed by atoms with Crippen LogP contribution in [0.25, 0.3) is 64.7 Å². The molecule has 1 aliphatic rings. The van der Waals surface area contributed by atoms with Crippen molar-refractivity contribution in [3.05, 3.63) is 199 Å². The fraction of sp³-hybridized carbons (Fsp3) is 0.0588. The molecule has 0 aliphatic heterocycles. The van der Waals surface area contributed by atoms with Crippen LogP contribution in [0.1, 0.15) is 25.0 Å². The molecule has 9 aromatic rings. The van der Waals surface area contributed by atoms with Crippen molar-refractivity contribution >= 4 is 48.6 Å². The van der Waals surface area contributed by atoms with E-state index in [-0.39, 0.29) is 5.41 Å². The second-order valence-corrected chi connectivity index (χ2v) is 15.5. The van der Waals surface area contributed by atoms with Gasteiger partial charge in [0.15, 0.2) is 0 Å². The fourth-order valence-corrected chi connectivity index (χ4v) is 9.86. The minimum atomic E-state index is -0.0903. The lowest BCUT2D eigenvalue weighted by Gasteiger charge is -2.31. The second kappa shape index (κ2) is 12.5. The van der Waals surface area contributed by atoms with Crippen molar-refractivity contribution in [2.45, 2.75) is 19.3 Å². The normalized spacial score (nSPS) is 12.9. The van der Waals surface area contributed by atoms with Gasteiger partial charge in [-0.3, -0.25) is 0 Å². The molecule has 0 radical (unpaired) electrons. The maximum absolute atomic E-state index is 2.54. The molecule has 1 nitrogen and oxygen atoms in total. The van der Waals surface area contributed by atoms with Crippen LogP contribution in [-0.4, -0.2) is 0 Å². The lowest BCUT2D eigenvalue weighted by molar-refractivity contribution is 0.660. The summed E-state index contributed by atoms with van der Waals surface area (Å²) in [6, 6.07) is 69.0. The van der Waals surface area contributed by atoms with Crippen molar-refractivity contribution in [2.24, 2.45) is 0 Å². The lowest BCUT2D eigenvalue weighted by Crippen LogP contribution is -2.15. The first-order valence-electron chi connectivity index (χ1n) is 18.4. The quantitative estimate of drug-likeness (QED) is 0.167. The number of hydrogen-bond acceptors (Lipinski definition) is 2. The van der Waals surface area contributed by atoms with Gasteiger partial charge in [-0.1, -0.05) is 178 Å². The summed E-state index contributed by atoms with van der Waals surface area (Å²) in [5.41, 5.74) is 16.1. The summed E-state index contributed by atoms with van der Waals surface area (Å²) >= 11 is 1.88. The van der Waals surface area contributed by atoms with Gasteiger partial charge < -0.3 is 4.90 Å². The monoisotopic (exact) mass is 695 g/mol. The van der Waals surface area contributed by atoms with Crippen molar-refractivity contribution in [3.63, 3.8) is 0 Å². The average molecular weight is 696 g/mol. The smallest absolute Gasteiger partial charge is 0.0640 e. The van der Waals surface area contributed by atoms with Gasteiger partial charge in [-0.25, -0.2) is 0 Å². The van der Waals surface area contributed by atoms with Crippen LogP contribution in [-0.2, 0) is 5.41 Å². The molecule has 1 aliphatic carbocycles. The summed E-state index contributed by atoms with van der Waals surface area (Å²) in [7, 11) is 0. The average Bonchev–Trinajstić information content (AvgIpc) is 3.71. The van der Waals surface area contributed by atoms with Crippen LogP contribution in [0.3, 0.4) is 0 Å². The molecule has 1 aromatic heterocycles. The van der Waals surface area contributed by atoms with Crippen molar-refractivity contribution in [2.75, 3.05) is 4.90 Å². The number of benzene rings is 8. The third-order valence-electron chi connectivity index (χ3n) is 11.1. The molecule has 0 fully saturated rings. The lowest BCUT2D eigenvalue weighted by atomic mass is 9.82. The molecule has 0 unspecified atom stereocenters. The van der Waals surface area contributed by atoms with E-state index in [0.717, 1.165) is 11.4 Å². The summed E-state index contributed by atoms with van der Waals surface area (Å²) in [5.74, 6) is 0. The molecule has 1 heterocycles. The SMILES string of the molecule is CC1(C)c2ccccc2-c2c(-c3ccccc3N(c3ccccc3-c3ccccc3-c3ccccc3)c3cccc4c3sc3ccccc34)cccc21. The van der Waals surface area contributed by atoms with Crippen LogP contribution in [0.15, 0.2) is 188 Å². The molecule has 0 N–H and O–H groups in total. The predicted octanol–water partition coefficient (Wildman–Crippen LogP) is 14.8. The Bertz CT molecular complexity index is 2820. The Hall–Kier alpha value is -6.22. The van der Waals surface area contributed by atoms with Crippen molar-refractivity contribution in [3.8, 4) is 44.5 Å². The van der Waals surface area contributed by atoms with E-state index >= 15 is 0 Å². The standard InChI is InChI=1S/C51H37NS/c1-51(2)43-28-12-8-25-42(43)49-40(26-16-29-44(49)51)38-23-10-14-31-46(38)52(47-32-17-27-41-39-24-11-15-33-48(39)53-50(41)47)45-30-13-9-22-37(45)36-21-7-6-20-35(36)34-18-4-3-5-19-34/h3-33H,1-2H3. The van der Waals surface area contributed by atoms with Crippen molar-refractivity contribution in [1.82, 2.24) is 0 Å². The first-order valence-corrected chi connectivity index (χ1v) is 19.2. The van der Waals surface area contributed by atoms with E-state index in [1.807, 2.05) is 11.3 Å². The molecule has 0 saturated carbocycles. The molecule has 8 aromatic carbocycles. The fourth-order valence-electron chi connectivity index (χ4n) is 8.66. The first kappa shape index (κ1) is 31.5. The Morgan fingerprint density at radius 1 is 0.377 bits per heavy atom. The van der Waals surface area contributed by atoms with Gasteiger partial charge in [-0.05, 0) is 68.8 Å². The van der Waals surface area contributed by atoms with Gasteiger partial charge in [0.25, 0.3) is 0 Å². The molecule has 53 heavy (non-hydrogen) atoms.